The first kappa shape index (κ1) is 15.3. The van der Waals surface area contributed by atoms with Gasteiger partial charge in [0, 0.05) is 18.6 Å². The molecule has 2 heteroatoms. The summed E-state index contributed by atoms with van der Waals surface area (Å²) in [4.78, 5) is 2.81. The molecule has 4 atom stereocenters. The van der Waals surface area contributed by atoms with Gasteiger partial charge in [-0.25, -0.2) is 0 Å². The molecule has 2 aliphatic rings. The topological polar surface area (TPSA) is 15.3 Å². The third-order valence-corrected chi connectivity index (χ3v) is 5.20. The third kappa shape index (κ3) is 4.19. The van der Waals surface area contributed by atoms with Gasteiger partial charge in [0.1, 0.15) is 0 Å². The Morgan fingerprint density at radius 1 is 1.11 bits per heavy atom. The molecule has 0 aromatic carbocycles. The van der Waals surface area contributed by atoms with Gasteiger partial charge in [0.15, 0.2) is 0 Å². The van der Waals surface area contributed by atoms with Gasteiger partial charge in [-0.2, -0.15) is 0 Å². The third-order valence-electron chi connectivity index (χ3n) is 5.20. The van der Waals surface area contributed by atoms with Crippen molar-refractivity contribution in [2.45, 2.75) is 77.8 Å². The molecule has 1 aliphatic carbocycles. The summed E-state index contributed by atoms with van der Waals surface area (Å²) in [5.41, 5.74) is 0. The molecule has 19 heavy (non-hydrogen) atoms. The molecule has 1 heterocycles. The van der Waals surface area contributed by atoms with E-state index < -0.39 is 0 Å². The minimum Gasteiger partial charge on any atom is -0.312 e. The van der Waals surface area contributed by atoms with Crippen LogP contribution in [0.1, 0.15) is 65.7 Å². The lowest BCUT2D eigenvalue weighted by Gasteiger charge is -2.42. The smallest absolute Gasteiger partial charge is 0.0252 e. The van der Waals surface area contributed by atoms with Crippen molar-refractivity contribution in [2.75, 3.05) is 19.6 Å². The molecule has 2 nitrogen and oxygen atoms in total. The molecule has 1 saturated heterocycles. The molecule has 1 saturated carbocycles. The van der Waals surface area contributed by atoms with E-state index >= 15 is 0 Å². The van der Waals surface area contributed by atoms with E-state index in [1.54, 1.807) is 0 Å². The van der Waals surface area contributed by atoms with Crippen molar-refractivity contribution in [1.82, 2.24) is 10.2 Å². The molecule has 0 radical (unpaired) electrons. The Morgan fingerprint density at radius 2 is 1.95 bits per heavy atom. The fourth-order valence-electron chi connectivity index (χ4n) is 4.14. The van der Waals surface area contributed by atoms with Gasteiger partial charge < -0.3 is 5.32 Å². The largest absolute Gasteiger partial charge is 0.312 e. The standard InChI is InChI=1S/C17H34N2/c1-4-6-15-7-8-16(18-10-5-2)17(12-15)19-11-9-14(3)13-19/h14-18H,4-13H2,1-3H3. The van der Waals surface area contributed by atoms with Gasteiger partial charge in [-0.3, -0.25) is 4.90 Å². The normalized spacial score (nSPS) is 36.8. The molecule has 0 bridgehead atoms. The molecule has 1 aliphatic heterocycles. The van der Waals surface area contributed by atoms with Crippen LogP contribution in [-0.2, 0) is 0 Å². The molecule has 4 unspecified atom stereocenters. The average molecular weight is 266 g/mol. The number of nitrogens with zero attached hydrogens (tertiary/aromatic N) is 1. The molecular weight excluding hydrogens is 232 g/mol. The summed E-state index contributed by atoms with van der Waals surface area (Å²) < 4.78 is 0. The van der Waals surface area contributed by atoms with Crippen LogP contribution in [0.15, 0.2) is 0 Å². The first-order valence-electron chi connectivity index (χ1n) is 8.72. The minimum atomic E-state index is 0.762. The van der Waals surface area contributed by atoms with Crippen molar-refractivity contribution in [3.63, 3.8) is 0 Å². The SMILES string of the molecule is CCCNC1CCC(CCC)CC1N1CCC(C)C1. The van der Waals surface area contributed by atoms with Crippen LogP contribution in [-0.4, -0.2) is 36.6 Å². The Kier molecular flexibility index (Phi) is 6.15. The van der Waals surface area contributed by atoms with Crippen LogP contribution in [0.5, 0.6) is 0 Å². The first-order chi connectivity index (χ1) is 9.24. The van der Waals surface area contributed by atoms with Gasteiger partial charge in [0.05, 0.1) is 0 Å². The van der Waals surface area contributed by atoms with E-state index in [9.17, 15) is 0 Å². The lowest BCUT2D eigenvalue weighted by molar-refractivity contribution is 0.112. The molecule has 2 fully saturated rings. The molecule has 0 aromatic heterocycles. The van der Waals surface area contributed by atoms with Crippen LogP contribution in [0.4, 0.5) is 0 Å². The highest BCUT2D eigenvalue weighted by Gasteiger charge is 2.36. The van der Waals surface area contributed by atoms with E-state index in [1.165, 1.54) is 64.6 Å². The highest BCUT2D eigenvalue weighted by molar-refractivity contribution is 4.93. The maximum Gasteiger partial charge on any atom is 0.0252 e. The summed E-state index contributed by atoms with van der Waals surface area (Å²) >= 11 is 0. The number of nitrogens with one attached hydrogen (secondary N) is 1. The van der Waals surface area contributed by atoms with Crippen LogP contribution in [0.25, 0.3) is 0 Å². The maximum absolute atomic E-state index is 3.83. The molecule has 0 amide bonds. The molecule has 0 aromatic rings. The van der Waals surface area contributed by atoms with Crippen molar-refractivity contribution in [3.8, 4) is 0 Å². The Balaban J connectivity index is 1.94. The van der Waals surface area contributed by atoms with Crippen LogP contribution in [0, 0.1) is 11.8 Å². The zero-order chi connectivity index (χ0) is 13.7. The van der Waals surface area contributed by atoms with Crippen LogP contribution in [0.3, 0.4) is 0 Å². The zero-order valence-electron chi connectivity index (χ0n) is 13.3. The monoisotopic (exact) mass is 266 g/mol. The molecular formula is C17H34N2. The average Bonchev–Trinajstić information content (AvgIpc) is 2.84. The van der Waals surface area contributed by atoms with E-state index in [4.69, 9.17) is 0 Å². The predicted molar refractivity (Wildman–Crippen MR) is 83.5 cm³/mol. The Morgan fingerprint density at radius 3 is 2.58 bits per heavy atom. The second-order valence-corrected chi connectivity index (χ2v) is 6.98. The number of rotatable bonds is 6. The minimum absolute atomic E-state index is 0.762. The van der Waals surface area contributed by atoms with Crippen molar-refractivity contribution < 1.29 is 0 Å². The van der Waals surface area contributed by atoms with Crippen molar-refractivity contribution in [2.24, 2.45) is 11.8 Å². The van der Waals surface area contributed by atoms with E-state index in [2.05, 4.69) is 31.0 Å². The summed E-state index contributed by atoms with van der Waals surface area (Å²) in [6, 6.07) is 1.58. The second kappa shape index (κ2) is 7.64. The van der Waals surface area contributed by atoms with Crippen molar-refractivity contribution in [1.29, 1.82) is 0 Å². The number of hydrogen-bond acceptors (Lipinski definition) is 2. The summed E-state index contributed by atoms with van der Waals surface area (Å²) in [6.45, 7) is 10.9. The van der Waals surface area contributed by atoms with Gasteiger partial charge in [-0.15, -0.1) is 0 Å². The molecule has 1 N–H and O–H groups in total. The molecule has 2 rings (SSSR count). The van der Waals surface area contributed by atoms with E-state index in [0.29, 0.717) is 0 Å². The van der Waals surface area contributed by atoms with Gasteiger partial charge in [0.25, 0.3) is 0 Å². The zero-order valence-corrected chi connectivity index (χ0v) is 13.3. The highest BCUT2D eigenvalue weighted by Crippen LogP contribution is 2.33. The molecule has 112 valence electrons. The summed E-state index contributed by atoms with van der Waals surface area (Å²) in [7, 11) is 0. The van der Waals surface area contributed by atoms with Gasteiger partial charge in [-0.1, -0.05) is 33.6 Å². The summed E-state index contributed by atoms with van der Waals surface area (Å²) in [5.74, 6) is 1.91. The molecule has 0 spiro atoms. The quantitative estimate of drug-likeness (QED) is 0.789. The van der Waals surface area contributed by atoms with Gasteiger partial charge in [0.2, 0.25) is 0 Å². The Bertz CT molecular complexity index is 254. The maximum atomic E-state index is 3.83. The van der Waals surface area contributed by atoms with Crippen LogP contribution >= 0.6 is 0 Å². The predicted octanol–water partition coefficient (Wildman–Crippen LogP) is 3.67. The van der Waals surface area contributed by atoms with Crippen molar-refractivity contribution >= 4 is 0 Å². The Labute approximate surface area is 120 Å². The fourth-order valence-corrected chi connectivity index (χ4v) is 4.14. The lowest BCUT2D eigenvalue weighted by atomic mass is 9.79. The summed E-state index contributed by atoms with van der Waals surface area (Å²) in [6.07, 6.45) is 9.78. The highest BCUT2D eigenvalue weighted by atomic mass is 15.2. The Hall–Kier alpha value is -0.0800. The second-order valence-electron chi connectivity index (χ2n) is 6.98. The van der Waals surface area contributed by atoms with Crippen molar-refractivity contribution in [3.05, 3.63) is 0 Å². The van der Waals surface area contributed by atoms with Gasteiger partial charge in [-0.05, 0) is 57.0 Å². The first-order valence-corrected chi connectivity index (χ1v) is 8.72. The number of hydrogen-bond donors (Lipinski definition) is 1. The van der Waals surface area contributed by atoms with E-state index in [-0.39, 0.29) is 0 Å². The lowest BCUT2D eigenvalue weighted by Crippen LogP contribution is -2.52. The summed E-state index contributed by atoms with van der Waals surface area (Å²) in [5, 5.41) is 3.83. The number of likely N-dealkylation sites (tertiary alicyclic amines) is 1. The van der Waals surface area contributed by atoms with E-state index in [0.717, 1.165) is 23.9 Å². The van der Waals surface area contributed by atoms with Crippen LogP contribution in [0.2, 0.25) is 0 Å². The van der Waals surface area contributed by atoms with E-state index in [1.807, 2.05) is 0 Å². The van der Waals surface area contributed by atoms with Gasteiger partial charge >= 0.3 is 0 Å². The van der Waals surface area contributed by atoms with Crippen LogP contribution < -0.4 is 5.32 Å². The fraction of sp³-hybridized carbons (Fsp3) is 1.00.